The number of benzene rings is 1. The number of non-ortho nitro benzene ring substituents is 1. The summed E-state index contributed by atoms with van der Waals surface area (Å²) >= 11 is 3.36. The topological polar surface area (TPSA) is 153 Å². The molecular formula is C22H18BrN5O6. The summed E-state index contributed by atoms with van der Waals surface area (Å²) < 4.78 is 12.3. The number of aromatic nitrogens is 1. The molecule has 34 heavy (non-hydrogen) atoms. The number of methoxy groups -OCH3 is 1. The van der Waals surface area contributed by atoms with E-state index >= 15 is 0 Å². The molecule has 0 saturated heterocycles. The lowest BCUT2D eigenvalue weighted by Crippen LogP contribution is -2.33. The van der Waals surface area contributed by atoms with Crippen LogP contribution in [0.15, 0.2) is 55.2 Å². The first-order valence-corrected chi connectivity index (χ1v) is 10.5. The number of nitriles is 1. The largest absolute Gasteiger partial charge is 0.455 e. The van der Waals surface area contributed by atoms with Gasteiger partial charge in [0, 0.05) is 40.5 Å². The number of rotatable bonds is 8. The van der Waals surface area contributed by atoms with Crippen LogP contribution in [0.5, 0.6) is 0 Å². The zero-order valence-electron chi connectivity index (χ0n) is 18.1. The summed E-state index contributed by atoms with van der Waals surface area (Å²) in [5.41, 5.74) is 2.91. The van der Waals surface area contributed by atoms with Gasteiger partial charge in [0.1, 0.15) is 29.7 Å². The lowest BCUT2D eigenvalue weighted by Gasteiger charge is -2.15. The van der Waals surface area contributed by atoms with Crippen molar-refractivity contribution in [2.75, 3.05) is 7.11 Å². The van der Waals surface area contributed by atoms with Crippen LogP contribution in [0.4, 0.5) is 5.69 Å². The maximum Gasteiger partial charge on any atom is 0.270 e. The van der Waals surface area contributed by atoms with Gasteiger partial charge in [0.05, 0.1) is 17.7 Å². The zero-order valence-corrected chi connectivity index (χ0v) is 19.7. The number of hydrogen-bond acceptors (Lipinski definition) is 8. The SMILES string of the molecule is COCc1c(Br)c(C)n(CC(=O)NN=Cc2ccc(-c3cccc([N+](=O)[O-])c3)o2)c(=O)c1C#N. The summed E-state index contributed by atoms with van der Waals surface area (Å²) in [6, 6.07) is 11.0. The molecule has 0 atom stereocenters. The Morgan fingerprint density at radius 2 is 2.18 bits per heavy atom. The molecule has 0 aliphatic rings. The summed E-state index contributed by atoms with van der Waals surface area (Å²) in [7, 11) is 1.45. The van der Waals surface area contributed by atoms with Gasteiger partial charge in [-0.25, -0.2) is 5.43 Å². The Kier molecular flexibility index (Phi) is 7.72. The second kappa shape index (κ2) is 10.7. The van der Waals surface area contributed by atoms with Gasteiger partial charge in [-0.3, -0.25) is 19.7 Å². The van der Waals surface area contributed by atoms with Crippen LogP contribution in [0.25, 0.3) is 11.3 Å². The maximum atomic E-state index is 12.7. The average Bonchev–Trinajstić information content (AvgIpc) is 3.29. The highest BCUT2D eigenvalue weighted by molar-refractivity contribution is 9.10. The number of nitrogens with one attached hydrogen (secondary N) is 1. The molecule has 0 spiro atoms. The van der Waals surface area contributed by atoms with Crippen molar-refractivity contribution in [1.29, 1.82) is 5.26 Å². The number of nitro benzene ring substituents is 1. The van der Waals surface area contributed by atoms with Crippen molar-refractivity contribution in [3.63, 3.8) is 0 Å². The lowest BCUT2D eigenvalue weighted by molar-refractivity contribution is -0.384. The van der Waals surface area contributed by atoms with E-state index in [4.69, 9.17) is 9.15 Å². The Morgan fingerprint density at radius 1 is 1.41 bits per heavy atom. The molecule has 1 aromatic carbocycles. The highest BCUT2D eigenvalue weighted by atomic mass is 79.9. The summed E-state index contributed by atoms with van der Waals surface area (Å²) in [5, 5.41) is 24.1. The number of hydrazone groups is 1. The average molecular weight is 528 g/mol. The second-order valence-corrected chi connectivity index (χ2v) is 7.78. The normalized spacial score (nSPS) is 10.9. The van der Waals surface area contributed by atoms with Crippen molar-refractivity contribution in [2.45, 2.75) is 20.1 Å². The van der Waals surface area contributed by atoms with Crippen molar-refractivity contribution < 1.29 is 18.9 Å². The minimum atomic E-state index is -0.609. The van der Waals surface area contributed by atoms with Gasteiger partial charge >= 0.3 is 0 Å². The Hall–Kier alpha value is -4.08. The number of hydrogen-bond donors (Lipinski definition) is 1. The molecule has 1 N–H and O–H groups in total. The molecular weight excluding hydrogens is 510 g/mol. The Labute approximate surface area is 201 Å². The molecule has 0 aliphatic carbocycles. The van der Waals surface area contributed by atoms with E-state index in [1.807, 2.05) is 6.07 Å². The minimum absolute atomic E-state index is 0.0663. The number of furan rings is 1. The predicted molar refractivity (Wildman–Crippen MR) is 125 cm³/mol. The molecule has 12 heteroatoms. The van der Waals surface area contributed by atoms with E-state index in [1.165, 1.54) is 30.0 Å². The summed E-state index contributed by atoms with van der Waals surface area (Å²) in [5.74, 6) is 0.0967. The van der Waals surface area contributed by atoms with E-state index in [1.54, 1.807) is 31.2 Å². The van der Waals surface area contributed by atoms with E-state index < -0.39 is 16.4 Å². The Balaban J connectivity index is 1.72. The van der Waals surface area contributed by atoms with Crippen molar-refractivity contribution in [1.82, 2.24) is 9.99 Å². The number of carbonyl (C=O) groups excluding carboxylic acids is 1. The second-order valence-electron chi connectivity index (χ2n) is 6.99. The van der Waals surface area contributed by atoms with Crippen molar-refractivity contribution in [3.05, 3.63) is 83.9 Å². The standard InChI is InChI=1S/C22H18BrN5O6/c1-13-21(23)18(12-33-2)17(9-24)22(30)27(13)11-20(29)26-25-10-16-6-7-19(34-16)14-4-3-5-15(8-14)28(31)32/h3-8,10H,11-12H2,1-2H3,(H,26,29). The number of nitro groups is 1. The molecule has 3 aromatic rings. The Bertz CT molecular complexity index is 1390. The highest BCUT2D eigenvalue weighted by Gasteiger charge is 2.19. The number of nitrogens with zero attached hydrogens (tertiary/aromatic N) is 4. The van der Waals surface area contributed by atoms with Gasteiger partial charge in [-0.1, -0.05) is 12.1 Å². The number of carbonyl (C=O) groups is 1. The van der Waals surface area contributed by atoms with Crippen LogP contribution in [0.3, 0.4) is 0 Å². The Morgan fingerprint density at radius 3 is 2.85 bits per heavy atom. The molecule has 3 rings (SSSR count). The molecule has 0 aliphatic heterocycles. The van der Waals surface area contributed by atoms with Gasteiger partial charge in [0.2, 0.25) is 0 Å². The number of ether oxygens (including phenoxy) is 1. The smallest absolute Gasteiger partial charge is 0.270 e. The predicted octanol–water partition coefficient (Wildman–Crippen LogP) is 3.26. The van der Waals surface area contributed by atoms with Gasteiger partial charge in [-0.2, -0.15) is 10.4 Å². The van der Waals surface area contributed by atoms with Gasteiger partial charge < -0.3 is 13.7 Å². The first kappa shape index (κ1) is 24.6. The third kappa shape index (κ3) is 5.28. The highest BCUT2D eigenvalue weighted by Crippen LogP contribution is 2.25. The first-order valence-electron chi connectivity index (χ1n) is 9.74. The van der Waals surface area contributed by atoms with Crippen LogP contribution in [-0.2, 0) is 22.7 Å². The summed E-state index contributed by atoms with van der Waals surface area (Å²) in [6.45, 7) is 1.35. The molecule has 0 unspecified atom stereocenters. The first-order chi connectivity index (χ1) is 16.3. The molecule has 0 saturated carbocycles. The fourth-order valence-corrected chi connectivity index (χ4v) is 3.67. The lowest BCUT2D eigenvalue weighted by atomic mass is 10.1. The summed E-state index contributed by atoms with van der Waals surface area (Å²) in [4.78, 5) is 35.5. The number of amides is 1. The third-order valence-electron chi connectivity index (χ3n) is 4.80. The monoisotopic (exact) mass is 527 g/mol. The van der Waals surface area contributed by atoms with Crippen molar-refractivity contribution in [2.24, 2.45) is 5.10 Å². The number of pyridine rings is 1. The van der Waals surface area contributed by atoms with Crippen molar-refractivity contribution in [3.8, 4) is 17.4 Å². The molecule has 0 bridgehead atoms. The van der Waals surface area contributed by atoms with Crippen LogP contribution < -0.4 is 11.0 Å². The fraction of sp³-hybridized carbons (Fsp3) is 0.182. The fourth-order valence-electron chi connectivity index (χ4n) is 3.15. The van der Waals surface area contributed by atoms with Gasteiger partial charge in [-0.15, -0.1) is 0 Å². The molecule has 11 nitrogen and oxygen atoms in total. The van der Waals surface area contributed by atoms with Crippen molar-refractivity contribution >= 4 is 33.7 Å². The van der Waals surface area contributed by atoms with E-state index in [9.17, 15) is 25.0 Å². The van der Waals surface area contributed by atoms with Crippen LogP contribution in [0.2, 0.25) is 0 Å². The zero-order chi connectivity index (χ0) is 24.8. The van der Waals surface area contributed by atoms with E-state index in [0.717, 1.165) is 0 Å². The number of halogens is 1. The van der Waals surface area contributed by atoms with E-state index in [0.29, 0.717) is 32.8 Å². The van der Waals surface area contributed by atoms with Crippen LogP contribution in [0, 0.1) is 28.4 Å². The van der Waals surface area contributed by atoms with Crippen LogP contribution in [-0.4, -0.2) is 28.7 Å². The maximum absolute atomic E-state index is 12.7. The van der Waals surface area contributed by atoms with E-state index in [-0.39, 0.29) is 24.4 Å². The third-order valence-corrected chi connectivity index (χ3v) is 5.85. The summed E-state index contributed by atoms with van der Waals surface area (Å²) in [6.07, 6.45) is 1.26. The molecule has 0 fully saturated rings. The molecule has 0 radical (unpaired) electrons. The quantitative estimate of drug-likeness (QED) is 0.268. The molecule has 2 aromatic heterocycles. The van der Waals surface area contributed by atoms with Gasteiger partial charge in [0.15, 0.2) is 0 Å². The van der Waals surface area contributed by atoms with Crippen LogP contribution in [0.1, 0.15) is 22.6 Å². The minimum Gasteiger partial charge on any atom is -0.455 e. The molecule has 1 amide bonds. The van der Waals surface area contributed by atoms with Gasteiger partial charge in [0.25, 0.3) is 17.2 Å². The molecule has 174 valence electrons. The van der Waals surface area contributed by atoms with Gasteiger partial charge in [-0.05, 0) is 35.0 Å². The van der Waals surface area contributed by atoms with Crippen LogP contribution >= 0.6 is 15.9 Å². The molecule has 2 heterocycles. The van der Waals surface area contributed by atoms with E-state index in [2.05, 4.69) is 26.5 Å².